The van der Waals surface area contributed by atoms with E-state index in [9.17, 15) is 8.60 Å². The predicted octanol–water partition coefficient (Wildman–Crippen LogP) is 6.76. The molecule has 1 atom stereocenters. The number of nitrogens with zero attached hydrogens (tertiary/aromatic N) is 3. The minimum Gasteiger partial charge on any atom is -0.495 e. The maximum absolute atomic E-state index is 13.2. The Morgan fingerprint density at radius 2 is 1.48 bits per heavy atom. The van der Waals surface area contributed by atoms with Crippen molar-refractivity contribution in [2.75, 3.05) is 25.0 Å². The lowest BCUT2D eigenvalue weighted by Gasteiger charge is -2.14. The number of halogens is 1. The van der Waals surface area contributed by atoms with E-state index in [1.165, 1.54) is 13.2 Å². The lowest BCUT2D eigenvalue weighted by Crippen LogP contribution is -2.27. The number of nitrogens with one attached hydrogen (secondary N) is 4. The first-order valence-electron chi connectivity index (χ1n) is 11.5. The van der Waals surface area contributed by atoms with E-state index in [0.717, 1.165) is 22.4 Å². The zero-order chi connectivity index (χ0) is 29.1. The number of benzene rings is 4. The van der Waals surface area contributed by atoms with E-state index in [0.29, 0.717) is 22.9 Å². The molecule has 0 radical (unpaired) electrons. The monoisotopic (exact) mass is 557 g/mol. The maximum atomic E-state index is 13.2. The minimum atomic E-state index is -1.85. The number of anilines is 2. The van der Waals surface area contributed by atoms with E-state index in [1.54, 1.807) is 25.2 Å². The quantitative estimate of drug-likeness (QED) is 0.141. The van der Waals surface area contributed by atoms with Gasteiger partial charge in [0.2, 0.25) is 0 Å². The molecule has 0 saturated carbocycles. The highest BCUT2D eigenvalue weighted by atomic mass is 32.2. The second-order valence-corrected chi connectivity index (χ2v) is 8.73. The molecule has 4 N–H and O–H groups in total. The van der Waals surface area contributed by atoms with Crippen LogP contribution in [-0.2, 0) is 11.3 Å². The van der Waals surface area contributed by atoms with Gasteiger partial charge in [-0.1, -0.05) is 36.4 Å². The van der Waals surface area contributed by atoms with Gasteiger partial charge in [0.05, 0.1) is 38.2 Å². The largest absolute Gasteiger partial charge is 0.495 e. The smallest absolute Gasteiger partial charge is 0.306 e. The average molecular weight is 558 g/mol. The second-order valence-electron chi connectivity index (χ2n) is 7.89. The van der Waals surface area contributed by atoms with Crippen LogP contribution in [0.25, 0.3) is 25.3 Å². The lowest BCUT2D eigenvalue weighted by atomic mass is 10.1. The van der Waals surface area contributed by atoms with E-state index in [4.69, 9.17) is 28.6 Å². The lowest BCUT2D eigenvalue weighted by molar-refractivity contribution is 0.416. The molecule has 0 fully saturated rings. The number of aryl methyl sites for hydroxylation is 1. The molecule has 0 spiro atoms. The molecular formula is C28H24FN7O3S. The Bertz CT molecular complexity index is 1670. The summed E-state index contributed by atoms with van der Waals surface area (Å²) in [5.41, 5.74) is 9.97. The van der Waals surface area contributed by atoms with Gasteiger partial charge in [-0.25, -0.2) is 19.5 Å². The third-order valence-electron chi connectivity index (χ3n) is 5.39. The molecule has 10 nitrogen and oxygen atoms in total. The molecule has 0 amide bonds. The van der Waals surface area contributed by atoms with Gasteiger partial charge >= 0.3 is 11.3 Å². The van der Waals surface area contributed by atoms with Crippen LogP contribution in [0.4, 0.5) is 32.8 Å². The van der Waals surface area contributed by atoms with Crippen molar-refractivity contribution in [2.24, 2.45) is 0 Å². The van der Waals surface area contributed by atoms with Crippen molar-refractivity contribution in [1.82, 2.24) is 10.3 Å². The van der Waals surface area contributed by atoms with Crippen LogP contribution in [0.3, 0.4) is 0 Å². The van der Waals surface area contributed by atoms with E-state index >= 15 is 0 Å². The van der Waals surface area contributed by atoms with Gasteiger partial charge < -0.3 is 19.8 Å². The van der Waals surface area contributed by atoms with Crippen LogP contribution in [0, 0.1) is 32.5 Å². The fourth-order valence-corrected chi connectivity index (χ4v) is 4.03. The van der Waals surface area contributed by atoms with Gasteiger partial charge in [0.15, 0.2) is 17.1 Å². The van der Waals surface area contributed by atoms with Gasteiger partial charge in [-0.05, 0) is 48.2 Å². The molecule has 4 rings (SSSR count). The Kier molecular flexibility index (Phi) is 10.4. The SMILES string of the molecule is [C-]#[N+]c1cc(F)c(NNC)cc1[N+]#[C-].[C-]#[N+]c1cc(NNS(=O)Oc2cccc3ccccc23)c(OC)cc1C. The van der Waals surface area contributed by atoms with Crippen molar-refractivity contribution >= 4 is 50.5 Å². The number of ether oxygens (including phenoxy) is 1. The van der Waals surface area contributed by atoms with E-state index < -0.39 is 17.1 Å². The Balaban J connectivity index is 0.000000267. The summed E-state index contributed by atoms with van der Waals surface area (Å²) in [7, 11) is 3.11. The third-order valence-corrected chi connectivity index (χ3v) is 5.99. The van der Waals surface area contributed by atoms with E-state index in [2.05, 4.69) is 35.6 Å². The number of hydrogen-bond acceptors (Lipinski definition) is 6. The highest BCUT2D eigenvalue weighted by Crippen LogP contribution is 2.34. The number of methoxy groups -OCH3 is 1. The summed E-state index contributed by atoms with van der Waals surface area (Å²) in [5.74, 6) is 0.482. The first-order chi connectivity index (χ1) is 19.3. The first kappa shape index (κ1) is 29.4. The van der Waals surface area contributed by atoms with Crippen LogP contribution in [-0.4, -0.2) is 18.4 Å². The number of fused-ring (bicyclic) bond motifs is 1. The third kappa shape index (κ3) is 7.22. The molecule has 0 saturated heterocycles. The zero-order valence-electron chi connectivity index (χ0n) is 21.7. The van der Waals surface area contributed by atoms with Gasteiger partial charge in [-0.2, -0.15) is 4.21 Å². The minimum absolute atomic E-state index is 0.0270. The van der Waals surface area contributed by atoms with Crippen molar-refractivity contribution < 1.29 is 17.5 Å². The molecule has 0 aromatic heterocycles. The maximum Gasteiger partial charge on any atom is 0.306 e. The molecule has 0 bridgehead atoms. The highest BCUT2D eigenvalue weighted by molar-refractivity contribution is 7.78. The van der Waals surface area contributed by atoms with Gasteiger partial charge in [0.25, 0.3) is 0 Å². The van der Waals surface area contributed by atoms with Crippen LogP contribution in [0.15, 0.2) is 66.7 Å². The van der Waals surface area contributed by atoms with Crippen molar-refractivity contribution in [1.29, 1.82) is 0 Å². The van der Waals surface area contributed by atoms with E-state index in [1.807, 2.05) is 43.3 Å². The summed E-state index contributed by atoms with van der Waals surface area (Å²) in [6.45, 7) is 22.6. The summed E-state index contributed by atoms with van der Waals surface area (Å²) in [5, 5.41) is 1.87. The van der Waals surface area contributed by atoms with Gasteiger partial charge in [0, 0.05) is 12.4 Å². The van der Waals surface area contributed by atoms with Crippen LogP contribution >= 0.6 is 0 Å². The summed E-state index contributed by atoms with van der Waals surface area (Å²) in [6.07, 6.45) is 0. The fourth-order valence-electron chi connectivity index (χ4n) is 3.49. The average Bonchev–Trinajstić information content (AvgIpc) is 2.97. The Morgan fingerprint density at radius 3 is 2.15 bits per heavy atom. The van der Waals surface area contributed by atoms with Crippen LogP contribution in [0.2, 0.25) is 0 Å². The molecule has 0 aliphatic rings. The first-order valence-corrected chi connectivity index (χ1v) is 12.6. The number of rotatable bonds is 8. The molecular weight excluding hydrogens is 533 g/mol. The Hall–Kier alpha value is -5.19. The summed E-state index contributed by atoms with van der Waals surface area (Å²) >= 11 is -1.85. The van der Waals surface area contributed by atoms with Crippen molar-refractivity contribution in [2.45, 2.75) is 6.92 Å². The molecule has 0 aliphatic heterocycles. The standard InChI is InChI=1S/C19H17N3O3S.C9H7FN4/c1-13-11-19(24-3)17(12-16(13)20-2)21-22-26(23)25-18-10-6-8-14-7-4-5-9-15(14)18;1-11-8-4-6(10)7(14-13-3)5-9(8)12-2/h4-12,21-22H,1,3H3;4-5,13-14H,3H3. The highest BCUT2D eigenvalue weighted by Gasteiger charge is 2.11. The molecule has 12 heteroatoms. The summed E-state index contributed by atoms with van der Waals surface area (Å²) in [4.78, 5) is 12.2. The topological polar surface area (TPSA) is 96.7 Å². The molecule has 40 heavy (non-hydrogen) atoms. The van der Waals surface area contributed by atoms with Crippen LogP contribution in [0.1, 0.15) is 5.56 Å². The normalized spacial score (nSPS) is 10.6. The summed E-state index contributed by atoms with van der Waals surface area (Å²) < 4.78 is 36.2. The fraction of sp³-hybridized carbons (Fsp3) is 0.107. The molecule has 4 aromatic carbocycles. The summed E-state index contributed by atoms with van der Waals surface area (Å²) in [6, 6.07) is 19.0. The number of hydrazine groups is 2. The van der Waals surface area contributed by atoms with Crippen molar-refractivity contribution in [3.63, 3.8) is 0 Å². The van der Waals surface area contributed by atoms with Gasteiger partial charge in [-0.3, -0.25) is 4.85 Å². The van der Waals surface area contributed by atoms with Crippen LogP contribution < -0.4 is 30.0 Å². The van der Waals surface area contributed by atoms with Crippen molar-refractivity contribution in [3.8, 4) is 11.5 Å². The van der Waals surface area contributed by atoms with Gasteiger partial charge in [0.1, 0.15) is 17.3 Å². The number of hydrogen-bond donors (Lipinski definition) is 4. The van der Waals surface area contributed by atoms with Crippen molar-refractivity contribution in [3.05, 3.63) is 112 Å². The van der Waals surface area contributed by atoms with Crippen LogP contribution in [0.5, 0.6) is 11.5 Å². The second kappa shape index (κ2) is 14.1. The van der Waals surface area contributed by atoms with Gasteiger partial charge in [-0.15, -0.1) is 4.83 Å². The predicted molar refractivity (Wildman–Crippen MR) is 155 cm³/mol. The molecule has 4 aromatic rings. The molecule has 1 unspecified atom stereocenters. The van der Waals surface area contributed by atoms with E-state index in [-0.39, 0.29) is 17.1 Å². The molecule has 0 heterocycles. The molecule has 202 valence electrons. The Morgan fingerprint density at radius 1 is 0.825 bits per heavy atom. The zero-order valence-corrected chi connectivity index (χ0v) is 22.5. The Labute approximate surface area is 233 Å². The molecule has 0 aliphatic carbocycles.